The first-order valence-electron chi connectivity index (χ1n) is 12.8. The number of ether oxygens (including phenoxy) is 2. The lowest BCUT2D eigenvalue weighted by atomic mass is 9.72. The molecule has 0 atom stereocenters. The summed E-state index contributed by atoms with van der Waals surface area (Å²) in [6.45, 7) is 1.65. The van der Waals surface area contributed by atoms with Crippen molar-refractivity contribution >= 4 is 16.9 Å². The number of aryl methyl sites for hydroxylation is 1. The highest BCUT2D eigenvalue weighted by molar-refractivity contribution is 5.84. The van der Waals surface area contributed by atoms with Gasteiger partial charge in [0.1, 0.15) is 36.4 Å². The van der Waals surface area contributed by atoms with Crippen LogP contribution in [0, 0.1) is 17.0 Å². The summed E-state index contributed by atoms with van der Waals surface area (Å²) in [5.74, 6) is -1.37. The molecule has 1 N–H and O–H groups in total. The van der Waals surface area contributed by atoms with Gasteiger partial charge in [-0.2, -0.15) is 0 Å². The summed E-state index contributed by atoms with van der Waals surface area (Å²) in [6, 6.07) is 8.65. The third-order valence-electron chi connectivity index (χ3n) is 7.51. The van der Waals surface area contributed by atoms with Gasteiger partial charge >= 0.3 is 5.97 Å². The molecule has 1 aliphatic heterocycles. The molecular weight excluding hydrogens is 497 g/mol. The number of carboxylic acid groups (broad SMARTS) is 1. The molecule has 2 aromatic carbocycles. The van der Waals surface area contributed by atoms with Gasteiger partial charge in [-0.05, 0) is 74.4 Å². The number of carboxylic acids is 1. The molecule has 204 valence electrons. The van der Waals surface area contributed by atoms with E-state index in [4.69, 9.17) is 9.47 Å². The monoisotopic (exact) mass is 530 g/mol. The predicted molar refractivity (Wildman–Crippen MR) is 138 cm³/mol. The number of carbonyl (C=O) groups is 1. The molecule has 0 bridgehead atoms. The predicted octanol–water partition coefficient (Wildman–Crippen LogP) is 5.95. The smallest absolute Gasteiger partial charge is 0.303 e. The number of halogens is 3. The van der Waals surface area contributed by atoms with Crippen LogP contribution in [0.25, 0.3) is 10.9 Å². The van der Waals surface area contributed by atoms with Gasteiger partial charge in [0, 0.05) is 41.9 Å². The van der Waals surface area contributed by atoms with Gasteiger partial charge in [-0.1, -0.05) is 0 Å². The van der Waals surface area contributed by atoms with Gasteiger partial charge in [-0.25, -0.2) is 13.2 Å². The zero-order valence-electron chi connectivity index (χ0n) is 21.5. The van der Waals surface area contributed by atoms with E-state index >= 15 is 0 Å². The van der Waals surface area contributed by atoms with Crippen LogP contribution in [0.1, 0.15) is 43.2 Å². The lowest BCUT2D eigenvalue weighted by Crippen LogP contribution is -2.42. The normalized spacial score (nSPS) is 15.5. The summed E-state index contributed by atoms with van der Waals surface area (Å²) < 4.78 is 51.4. The fraction of sp³-hybridized carbons (Fsp3) is 0.448. The van der Waals surface area contributed by atoms with Gasteiger partial charge in [0.25, 0.3) is 0 Å². The molecule has 1 fully saturated rings. The van der Waals surface area contributed by atoms with E-state index in [0.717, 1.165) is 53.9 Å². The maximum atomic E-state index is 13.8. The van der Waals surface area contributed by atoms with Crippen LogP contribution in [0.15, 0.2) is 42.6 Å². The molecule has 6 nitrogen and oxygen atoms in total. The number of methoxy groups -OCH3 is 1. The van der Waals surface area contributed by atoms with E-state index in [0.29, 0.717) is 43.8 Å². The quantitative estimate of drug-likeness (QED) is 0.312. The van der Waals surface area contributed by atoms with Crippen LogP contribution in [0.3, 0.4) is 0 Å². The molecule has 38 heavy (non-hydrogen) atoms. The maximum Gasteiger partial charge on any atom is 0.303 e. The maximum absolute atomic E-state index is 13.8. The highest BCUT2D eigenvalue weighted by Crippen LogP contribution is 2.40. The second-order valence-electron chi connectivity index (χ2n) is 10.00. The van der Waals surface area contributed by atoms with Crippen molar-refractivity contribution in [2.24, 2.45) is 5.41 Å². The topological polar surface area (TPSA) is 71.9 Å². The standard InChI is InChI=1S/C29H33F3N2O4/c1-37-23-4-5-27-26(16-23)25(20(18-30)19-33-27)3-2-6-29(17-28(35)36)7-9-34(10-8-29)11-12-38-24-14-21(31)13-22(32)15-24/h4-5,13-16,19H,2-3,6-12,17-18H2,1H3,(H,35,36). The number of rotatable bonds is 12. The molecule has 0 radical (unpaired) electrons. The van der Waals surface area contributed by atoms with Crippen molar-refractivity contribution in [3.8, 4) is 11.5 Å². The second-order valence-corrected chi connectivity index (χ2v) is 10.00. The molecule has 2 heterocycles. The molecule has 9 heteroatoms. The average molecular weight is 531 g/mol. The van der Waals surface area contributed by atoms with Crippen LogP contribution in [0.5, 0.6) is 11.5 Å². The molecule has 1 saturated heterocycles. The number of piperidine rings is 1. The SMILES string of the molecule is COc1ccc2ncc(CF)c(CCCC3(CC(=O)O)CCN(CCOc4cc(F)cc(F)c4)CC3)c2c1. The Morgan fingerprint density at radius 3 is 2.50 bits per heavy atom. The van der Waals surface area contributed by atoms with Crippen LogP contribution in [0.4, 0.5) is 13.2 Å². The highest BCUT2D eigenvalue weighted by atomic mass is 19.1. The number of pyridine rings is 1. The van der Waals surface area contributed by atoms with Crippen LogP contribution >= 0.6 is 0 Å². The van der Waals surface area contributed by atoms with Crippen molar-refractivity contribution in [3.05, 3.63) is 65.4 Å². The largest absolute Gasteiger partial charge is 0.497 e. The Morgan fingerprint density at radius 2 is 1.84 bits per heavy atom. The molecule has 0 unspecified atom stereocenters. The van der Waals surface area contributed by atoms with Crippen molar-refractivity contribution in [1.29, 1.82) is 0 Å². The summed E-state index contributed by atoms with van der Waals surface area (Å²) in [6.07, 6.45) is 5.16. The van der Waals surface area contributed by atoms with Crippen molar-refractivity contribution < 1.29 is 32.5 Å². The van der Waals surface area contributed by atoms with Crippen molar-refractivity contribution in [3.63, 3.8) is 0 Å². The van der Waals surface area contributed by atoms with Crippen LogP contribution in [-0.2, 0) is 17.9 Å². The molecule has 4 rings (SSSR count). The lowest BCUT2D eigenvalue weighted by molar-refractivity contribution is -0.140. The molecule has 3 aromatic rings. The highest BCUT2D eigenvalue weighted by Gasteiger charge is 2.36. The van der Waals surface area contributed by atoms with Crippen molar-refractivity contribution in [1.82, 2.24) is 9.88 Å². The van der Waals surface area contributed by atoms with E-state index in [1.165, 1.54) is 0 Å². The minimum Gasteiger partial charge on any atom is -0.497 e. The van der Waals surface area contributed by atoms with Gasteiger partial charge in [0.2, 0.25) is 0 Å². The Kier molecular flexibility index (Phi) is 9.09. The Morgan fingerprint density at radius 1 is 1.11 bits per heavy atom. The molecule has 0 amide bonds. The molecule has 0 spiro atoms. The van der Waals surface area contributed by atoms with Gasteiger partial charge in [0.15, 0.2) is 0 Å². The van der Waals surface area contributed by atoms with Gasteiger partial charge < -0.3 is 14.6 Å². The first-order chi connectivity index (χ1) is 18.3. The zero-order valence-corrected chi connectivity index (χ0v) is 21.5. The number of hydrogen-bond donors (Lipinski definition) is 1. The molecule has 1 aliphatic rings. The lowest BCUT2D eigenvalue weighted by Gasteiger charge is -2.41. The summed E-state index contributed by atoms with van der Waals surface area (Å²) in [5.41, 5.74) is 1.87. The number of aromatic nitrogens is 1. The van der Waals surface area contributed by atoms with Gasteiger partial charge in [0.05, 0.1) is 19.0 Å². The van der Waals surface area contributed by atoms with Crippen LogP contribution in [0.2, 0.25) is 0 Å². The summed E-state index contributed by atoms with van der Waals surface area (Å²) in [7, 11) is 1.59. The van der Waals surface area contributed by atoms with Crippen molar-refractivity contribution in [2.45, 2.75) is 45.2 Å². The molecule has 0 saturated carbocycles. The third-order valence-corrected chi connectivity index (χ3v) is 7.51. The minimum absolute atomic E-state index is 0.0841. The number of hydrogen-bond acceptors (Lipinski definition) is 5. The zero-order chi connectivity index (χ0) is 27.1. The van der Waals surface area contributed by atoms with Gasteiger partial charge in [-0.15, -0.1) is 0 Å². The Balaban J connectivity index is 1.36. The number of fused-ring (bicyclic) bond motifs is 1. The van der Waals surface area contributed by atoms with Gasteiger partial charge in [-0.3, -0.25) is 14.7 Å². The number of benzene rings is 2. The molecular formula is C29H33F3N2O4. The fourth-order valence-electron chi connectivity index (χ4n) is 5.44. The summed E-state index contributed by atoms with van der Waals surface area (Å²) in [5, 5.41) is 10.5. The van der Waals surface area contributed by atoms with Crippen LogP contribution < -0.4 is 9.47 Å². The Bertz CT molecular complexity index is 1240. The number of alkyl halides is 1. The van der Waals surface area contributed by atoms with E-state index in [-0.39, 0.29) is 24.2 Å². The van der Waals surface area contributed by atoms with Crippen LogP contribution in [-0.4, -0.2) is 54.3 Å². The minimum atomic E-state index is -0.821. The molecule has 0 aliphatic carbocycles. The van der Waals surface area contributed by atoms with E-state index in [1.807, 2.05) is 18.2 Å². The van der Waals surface area contributed by atoms with E-state index < -0.39 is 24.3 Å². The van der Waals surface area contributed by atoms with E-state index in [9.17, 15) is 23.1 Å². The molecule has 1 aromatic heterocycles. The summed E-state index contributed by atoms with van der Waals surface area (Å²) >= 11 is 0. The van der Waals surface area contributed by atoms with E-state index in [2.05, 4.69) is 9.88 Å². The average Bonchev–Trinajstić information content (AvgIpc) is 2.88. The fourth-order valence-corrected chi connectivity index (χ4v) is 5.44. The third kappa shape index (κ3) is 6.95. The Labute approximate surface area is 220 Å². The summed E-state index contributed by atoms with van der Waals surface area (Å²) in [4.78, 5) is 18.3. The van der Waals surface area contributed by atoms with Crippen molar-refractivity contribution in [2.75, 3.05) is 33.4 Å². The number of aliphatic carboxylic acids is 1. The van der Waals surface area contributed by atoms with E-state index in [1.54, 1.807) is 13.3 Å². The first kappa shape index (κ1) is 27.7. The number of likely N-dealkylation sites (tertiary alicyclic amines) is 1. The number of nitrogens with zero attached hydrogens (tertiary/aromatic N) is 2. The Hall–Kier alpha value is -3.33. The second kappa shape index (κ2) is 12.5. The first-order valence-corrected chi connectivity index (χ1v) is 12.8.